The van der Waals surface area contributed by atoms with E-state index in [2.05, 4.69) is 66.3 Å². The van der Waals surface area contributed by atoms with Crippen LogP contribution in [0.25, 0.3) is 0 Å². The van der Waals surface area contributed by atoms with Crippen LogP contribution in [-0.2, 0) is 14.3 Å². The number of para-hydroxylation sites is 1. The van der Waals surface area contributed by atoms with Gasteiger partial charge in [-0.1, -0.05) is 18.2 Å². The van der Waals surface area contributed by atoms with E-state index >= 15 is 0 Å². The molecule has 0 unspecified atom stereocenters. The highest BCUT2D eigenvalue weighted by molar-refractivity contribution is 14.1. The Labute approximate surface area is 248 Å². The average molecular weight is 748 g/mol. The van der Waals surface area contributed by atoms with E-state index in [-0.39, 0.29) is 13.2 Å². The van der Waals surface area contributed by atoms with Crippen LogP contribution >= 0.6 is 57.4 Å². The molecule has 196 valence electrons. The van der Waals surface area contributed by atoms with Crippen LogP contribution in [0.1, 0.15) is 37.9 Å². The first-order valence-corrected chi connectivity index (χ1v) is 13.9. The molecular weight excluding hydrogens is 722 g/mol. The Bertz CT molecular complexity index is 1230. The predicted octanol–water partition coefficient (Wildman–Crippen LogP) is 4.18. The molecule has 0 fully saturated rings. The number of hydrogen-bond donors (Lipinski definition) is 3. The lowest BCUT2D eigenvalue weighted by molar-refractivity contribution is -0.139. The van der Waals surface area contributed by atoms with Crippen LogP contribution < -0.4 is 25.5 Å². The minimum Gasteiger partial charge on any atom is -0.492 e. The fourth-order valence-electron chi connectivity index (χ4n) is 3.55. The number of esters is 1. The number of benzene rings is 2. The standard InChI is InChI=1S/C25H26I2N4O5S/c1-4-34-23-17(26)10-15(11-18(23)27)12-28-31-20(32)13-36-19-9-7-6-8-16(19)22-21(24(33)35-5-2)14(3)29-25(37)30-22/h6-12,22H,4-5,13H2,1-3H3,(H,31,32)(H2,29,30,37)/t22-/m1/s1. The van der Waals surface area contributed by atoms with E-state index in [0.717, 1.165) is 18.5 Å². The van der Waals surface area contributed by atoms with Gasteiger partial charge in [-0.05, 0) is 102 Å². The summed E-state index contributed by atoms with van der Waals surface area (Å²) < 4.78 is 18.6. The van der Waals surface area contributed by atoms with Gasteiger partial charge in [0.1, 0.15) is 11.5 Å². The summed E-state index contributed by atoms with van der Waals surface area (Å²) >= 11 is 9.71. The second-order valence-corrected chi connectivity index (χ2v) is 10.4. The number of thiocarbonyl (C=S) groups is 1. The lowest BCUT2D eigenvalue weighted by atomic mass is 9.95. The van der Waals surface area contributed by atoms with Crippen LogP contribution in [0.2, 0.25) is 0 Å². The van der Waals surface area contributed by atoms with E-state index in [1.165, 1.54) is 0 Å². The third kappa shape index (κ3) is 7.77. The van der Waals surface area contributed by atoms with Crippen LogP contribution in [0.4, 0.5) is 0 Å². The molecule has 9 nitrogen and oxygen atoms in total. The third-order valence-corrected chi connectivity index (χ3v) is 6.89. The molecule has 1 aliphatic rings. The van der Waals surface area contributed by atoms with Gasteiger partial charge in [-0.15, -0.1) is 0 Å². The first-order chi connectivity index (χ1) is 17.7. The van der Waals surface area contributed by atoms with Crippen LogP contribution in [0.15, 0.2) is 52.8 Å². The Hall–Kier alpha value is -2.46. The number of carbonyl (C=O) groups is 2. The molecule has 2 aromatic carbocycles. The summed E-state index contributed by atoms with van der Waals surface area (Å²) in [5.41, 5.74) is 4.92. The number of hydrogen-bond acceptors (Lipinski definition) is 7. The number of ether oxygens (including phenoxy) is 3. The van der Waals surface area contributed by atoms with Crippen molar-refractivity contribution in [3.63, 3.8) is 0 Å². The molecule has 0 saturated carbocycles. The van der Waals surface area contributed by atoms with Gasteiger partial charge in [-0.2, -0.15) is 5.10 Å². The first kappa shape index (κ1) is 29.1. The monoisotopic (exact) mass is 748 g/mol. The van der Waals surface area contributed by atoms with Gasteiger partial charge in [0, 0.05) is 11.3 Å². The lowest BCUT2D eigenvalue weighted by Crippen LogP contribution is -2.45. The molecule has 0 spiro atoms. The number of allylic oxidation sites excluding steroid dienone is 1. The van der Waals surface area contributed by atoms with E-state index < -0.39 is 17.9 Å². The second-order valence-electron chi connectivity index (χ2n) is 7.66. The highest BCUT2D eigenvalue weighted by atomic mass is 127. The van der Waals surface area contributed by atoms with E-state index in [9.17, 15) is 9.59 Å². The van der Waals surface area contributed by atoms with Crippen LogP contribution in [0, 0.1) is 7.14 Å². The summed E-state index contributed by atoms with van der Waals surface area (Å²) in [5, 5.41) is 10.5. The van der Waals surface area contributed by atoms with Crippen molar-refractivity contribution >= 4 is 80.6 Å². The Morgan fingerprint density at radius 2 is 1.84 bits per heavy atom. The maximum Gasteiger partial charge on any atom is 0.338 e. The summed E-state index contributed by atoms with van der Waals surface area (Å²) in [5.74, 6) is 0.353. The first-order valence-electron chi connectivity index (χ1n) is 11.4. The molecule has 12 heteroatoms. The molecule has 2 aromatic rings. The molecule has 0 aliphatic carbocycles. The number of nitrogens with zero attached hydrogens (tertiary/aromatic N) is 1. The van der Waals surface area contributed by atoms with Crippen molar-refractivity contribution in [2.75, 3.05) is 19.8 Å². The Morgan fingerprint density at radius 1 is 1.14 bits per heavy atom. The number of halogens is 2. The molecular formula is C25H26I2N4O5S. The quantitative estimate of drug-likeness (QED) is 0.109. The van der Waals surface area contributed by atoms with Crippen molar-refractivity contribution in [2.24, 2.45) is 5.10 Å². The number of carbonyl (C=O) groups excluding carboxylic acids is 2. The topological polar surface area (TPSA) is 110 Å². The normalized spacial score (nSPS) is 15.2. The maximum atomic E-state index is 12.7. The molecule has 3 N–H and O–H groups in total. The van der Waals surface area contributed by atoms with Crippen molar-refractivity contribution in [3.8, 4) is 11.5 Å². The van der Waals surface area contributed by atoms with Crippen molar-refractivity contribution < 1.29 is 23.8 Å². The SMILES string of the molecule is CCOC(=O)C1=C(C)NC(=S)N[C@@H]1c1ccccc1OCC(=O)NN=Cc1cc(I)c(OCC)c(I)c1. The van der Waals surface area contributed by atoms with Gasteiger partial charge in [0.25, 0.3) is 5.91 Å². The molecule has 0 radical (unpaired) electrons. The van der Waals surface area contributed by atoms with Gasteiger partial charge in [0.2, 0.25) is 0 Å². The van der Waals surface area contributed by atoms with E-state index in [0.29, 0.717) is 34.3 Å². The molecule has 3 rings (SSSR count). The number of rotatable bonds is 10. The number of nitrogens with one attached hydrogen (secondary N) is 3. The lowest BCUT2D eigenvalue weighted by Gasteiger charge is -2.30. The van der Waals surface area contributed by atoms with E-state index in [4.69, 9.17) is 26.4 Å². The Kier molecular flexibility index (Phi) is 10.9. The zero-order valence-electron chi connectivity index (χ0n) is 20.4. The van der Waals surface area contributed by atoms with Gasteiger partial charge in [0.05, 0.1) is 38.2 Å². The molecule has 0 saturated heterocycles. The minimum atomic E-state index is -0.602. The molecule has 1 aliphatic heterocycles. The maximum absolute atomic E-state index is 12.7. The fourth-order valence-corrected chi connectivity index (χ4v) is 5.95. The smallest absolute Gasteiger partial charge is 0.338 e. The average Bonchev–Trinajstić information content (AvgIpc) is 2.85. The fraction of sp³-hybridized carbons (Fsp3) is 0.280. The molecule has 1 atom stereocenters. The number of amides is 1. The summed E-state index contributed by atoms with van der Waals surface area (Å²) in [7, 11) is 0. The van der Waals surface area contributed by atoms with Gasteiger partial charge in [-0.25, -0.2) is 10.2 Å². The second kappa shape index (κ2) is 13.9. The highest BCUT2D eigenvalue weighted by Gasteiger charge is 2.32. The molecule has 1 amide bonds. The van der Waals surface area contributed by atoms with Crippen LogP contribution in [0.3, 0.4) is 0 Å². The third-order valence-electron chi connectivity index (χ3n) is 5.07. The van der Waals surface area contributed by atoms with Gasteiger partial charge < -0.3 is 24.8 Å². The van der Waals surface area contributed by atoms with Crippen molar-refractivity contribution in [1.29, 1.82) is 0 Å². The summed E-state index contributed by atoms with van der Waals surface area (Å²) in [6.07, 6.45) is 1.56. The Balaban J connectivity index is 1.69. The summed E-state index contributed by atoms with van der Waals surface area (Å²) in [6, 6.07) is 10.4. The van der Waals surface area contributed by atoms with Crippen molar-refractivity contribution in [2.45, 2.75) is 26.8 Å². The van der Waals surface area contributed by atoms with Crippen molar-refractivity contribution in [3.05, 3.63) is 65.9 Å². The van der Waals surface area contributed by atoms with Gasteiger partial charge in [-0.3, -0.25) is 4.79 Å². The van der Waals surface area contributed by atoms with Gasteiger partial charge in [0.15, 0.2) is 11.7 Å². The molecule has 37 heavy (non-hydrogen) atoms. The Morgan fingerprint density at radius 3 is 2.51 bits per heavy atom. The zero-order valence-corrected chi connectivity index (χ0v) is 25.5. The summed E-state index contributed by atoms with van der Waals surface area (Å²) in [4.78, 5) is 25.1. The van der Waals surface area contributed by atoms with E-state index in [1.54, 1.807) is 38.3 Å². The van der Waals surface area contributed by atoms with Crippen molar-refractivity contribution in [1.82, 2.24) is 16.1 Å². The molecule has 1 heterocycles. The van der Waals surface area contributed by atoms with Crippen LogP contribution in [0.5, 0.6) is 11.5 Å². The largest absolute Gasteiger partial charge is 0.492 e. The molecule has 0 bridgehead atoms. The summed E-state index contributed by atoms with van der Waals surface area (Å²) in [6.45, 7) is 5.98. The molecule has 0 aromatic heterocycles. The van der Waals surface area contributed by atoms with Gasteiger partial charge >= 0.3 is 5.97 Å². The van der Waals surface area contributed by atoms with E-state index in [1.807, 2.05) is 25.1 Å². The predicted molar refractivity (Wildman–Crippen MR) is 162 cm³/mol. The van der Waals surface area contributed by atoms with Crippen LogP contribution in [-0.4, -0.2) is 43.0 Å². The number of hydrazone groups is 1. The highest BCUT2D eigenvalue weighted by Crippen LogP contribution is 2.33. The zero-order chi connectivity index (χ0) is 26.9. The minimum absolute atomic E-state index is 0.237.